The molecule has 1 aliphatic rings. The van der Waals surface area contributed by atoms with Gasteiger partial charge in [0.1, 0.15) is 5.82 Å². The first kappa shape index (κ1) is 13.3. The van der Waals surface area contributed by atoms with Gasteiger partial charge in [0.15, 0.2) is 0 Å². The molecule has 0 saturated carbocycles. The van der Waals surface area contributed by atoms with Crippen molar-refractivity contribution < 1.29 is 4.74 Å². The number of anilines is 1. The summed E-state index contributed by atoms with van der Waals surface area (Å²) in [6.07, 6.45) is 5.42. The molecule has 2 N–H and O–H groups in total. The molecule has 1 aliphatic heterocycles. The summed E-state index contributed by atoms with van der Waals surface area (Å²) in [5, 5.41) is 0. The van der Waals surface area contributed by atoms with Gasteiger partial charge in [-0.3, -0.25) is 0 Å². The average molecular weight is 249 g/mol. The van der Waals surface area contributed by atoms with Crippen LogP contribution in [0.25, 0.3) is 0 Å². The molecule has 4 heteroatoms. The third kappa shape index (κ3) is 3.43. The molecular weight excluding hydrogens is 226 g/mol. The number of piperidine rings is 1. The third-order valence-corrected chi connectivity index (χ3v) is 3.47. The zero-order valence-electron chi connectivity index (χ0n) is 11.3. The van der Waals surface area contributed by atoms with E-state index in [1.54, 1.807) is 7.11 Å². The summed E-state index contributed by atoms with van der Waals surface area (Å²) in [6, 6.07) is 4.42. The maximum Gasteiger partial charge on any atom is 0.128 e. The van der Waals surface area contributed by atoms with Gasteiger partial charge >= 0.3 is 0 Å². The van der Waals surface area contributed by atoms with Crippen LogP contribution in [0, 0.1) is 0 Å². The number of pyridine rings is 1. The fraction of sp³-hybridized carbons (Fsp3) is 0.643. The monoisotopic (exact) mass is 249 g/mol. The summed E-state index contributed by atoms with van der Waals surface area (Å²) in [5.74, 6) is 1.07. The standard InChI is InChI=1S/C14H23N3O/c1-11(15)9-12-3-4-14(16-10-12)17-7-5-13(18-2)6-8-17/h3-4,10-11,13H,5-9,15H2,1-2H3. The number of aromatic nitrogens is 1. The summed E-state index contributed by atoms with van der Waals surface area (Å²) >= 11 is 0. The van der Waals surface area contributed by atoms with Crippen LogP contribution < -0.4 is 10.6 Å². The Morgan fingerprint density at radius 2 is 2.17 bits per heavy atom. The summed E-state index contributed by atoms with van der Waals surface area (Å²) in [6.45, 7) is 4.07. The lowest BCUT2D eigenvalue weighted by Crippen LogP contribution is -2.37. The van der Waals surface area contributed by atoms with Gasteiger partial charge in [-0.2, -0.15) is 0 Å². The van der Waals surface area contributed by atoms with Gasteiger partial charge < -0.3 is 15.4 Å². The van der Waals surface area contributed by atoms with Crippen LogP contribution in [0.2, 0.25) is 0 Å². The molecule has 0 amide bonds. The van der Waals surface area contributed by atoms with E-state index in [2.05, 4.69) is 22.0 Å². The molecule has 1 aromatic heterocycles. The van der Waals surface area contributed by atoms with Gasteiger partial charge in [-0.25, -0.2) is 4.98 Å². The molecule has 100 valence electrons. The SMILES string of the molecule is COC1CCN(c2ccc(CC(C)N)cn2)CC1. The first-order valence-corrected chi connectivity index (χ1v) is 6.67. The van der Waals surface area contributed by atoms with Crippen LogP contribution in [-0.4, -0.2) is 37.3 Å². The minimum absolute atomic E-state index is 0.190. The lowest BCUT2D eigenvalue weighted by atomic mass is 10.1. The van der Waals surface area contributed by atoms with Crippen molar-refractivity contribution in [1.82, 2.24) is 4.98 Å². The van der Waals surface area contributed by atoms with Crippen LogP contribution >= 0.6 is 0 Å². The molecule has 1 saturated heterocycles. The van der Waals surface area contributed by atoms with Crippen LogP contribution in [-0.2, 0) is 11.2 Å². The summed E-state index contributed by atoms with van der Waals surface area (Å²) in [4.78, 5) is 6.86. The minimum atomic E-state index is 0.190. The van der Waals surface area contributed by atoms with Gasteiger partial charge in [-0.1, -0.05) is 6.07 Å². The number of nitrogens with two attached hydrogens (primary N) is 1. The molecule has 1 unspecified atom stereocenters. The zero-order chi connectivity index (χ0) is 13.0. The summed E-state index contributed by atoms with van der Waals surface area (Å²) < 4.78 is 5.38. The highest BCUT2D eigenvalue weighted by molar-refractivity contribution is 5.39. The molecule has 18 heavy (non-hydrogen) atoms. The molecule has 0 spiro atoms. The second-order valence-corrected chi connectivity index (χ2v) is 5.13. The van der Waals surface area contributed by atoms with E-state index in [9.17, 15) is 0 Å². The van der Waals surface area contributed by atoms with Crippen molar-refractivity contribution in [3.05, 3.63) is 23.9 Å². The zero-order valence-corrected chi connectivity index (χ0v) is 11.3. The van der Waals surface area contributed by atoms with E-state index < -0.39 is 0 Å². The van der Waals surface area contributed by atoms with E-state index in [-0.39, 0.29) is 6.04 Å². The fourth-order valence-electron chi connectivity index (χ4n) is 2.42. The topological polar surface area (TPSA) is 51.4 Å². The Bertz CT molecular complexity index is 356. The van der Waals surface area contributed by atoms with E-state index in [4.69, 9.17) is 10.5 Å². The first-order valence-electron chi connectivity index (χ1n) is 6.67. The molecule has 0 aromatic carbocycles. The first-order chi connectivity index (χ1) is 8.69. The van der Waals surface area contributed by atoms with Crippen molar-refractivity contribution in [2.24, 2.45) is 5.73 Å². The Morgan fingerprint density at radius 3 is 2.67 bits per heavy atom. The highest BCUT2D eigenvalue weighted by Crippen LogP contribution is 2.19. The lowest BCUT2D eigenvalue weighted by molar-refractivity contribution is 0.0818. The van der Waals surface area contributed by atoms with Crippen molar-refractivity contribution in [1.29, 1.82) is 0 Å². The van der Waals surface area contributed by atoms with Crippen LogP contribution in [0.1, 0.15) is 25.3 Å². The number of nitrogens with zero attached hydrogens (tertiary/aromatic N) is 2. The quantitative estimate of drug-likeness (QED) is 0.880. The van der Waals surface area contributed by atoms with E-state index in [1.165, 1.54) is 5.56 Å². The maximum absolute atomic E-state index is 5.78. The largest absolute Gasteiger partial charge is 0.381 e. The average Bonchev–Trinajstić information content (AvgIpc) is 2.39. The van der Waals surface area contributed by atoms with Gasteiger partial charge in [0.05, 0.1) is 6.10 Å². The van der Waals surface area contributed by atoms with Crippen LogP contribution in [0.4, 0.5) is 5.82 Å². The number of ether oxygens (including phenoxy) is 1. The van der Waals surface area contributed by atoms with Crippen molar-refractivity contribution >= 4 is 5.82 Å². The number of rotatable bonds is 4. The smallest absolute Gasteiger partial charge is 0.128 e. The number of hydrogen-bond donors (Lipinski definition) is 1. The molecule has 0 aliphatic carbocycles. The highest BCUT2D eigenvalue weighted by atomic mass is 16.5. The minimum Gasteiger partial charge on any atom is -0.381 e. The molecule has 1 atom stereocenters. The predicted octanol–water partition coefficient (Wildman–Crippen LogP) is 1.59. The van der Waals surface area contributed by atoms with Crippen molar-refractivity contribution in [3.63, 3.8) is 0 Å². The summed E-state index contributed by atoms with van der Waals surface area (Å²) in [7, 11) is 1.79. The number of methoxy groups -OCH3 is 1. The molecule has 1 aromatic rings. The van der Waals surface area contributed by atoms with Crippen LogP contribution in [0.5, 0.6) is 0 Å². The van der Waals surface area contributed by atoms with E-state index >= 15 is 0 Å². The predicted molar refractivity (Wildman–Crippen MR) is 73.8 cm³/mol. The maximum atomic E-state index is 5.78. The number of hydrogen-bond acceptors (Lipinski definition) is 4. The fourth-order valence-corrected chi connectivity index (χ4v) is 2.42. The highest BCUT2D eigenvalue weighted by Gasteiger charge is 2.19. The van der Waals surface area contributed by atoms with Gasteiger partial charge in [-0.15, -0.1) is 0 Å². The molecule has 2 heterocycles. The van der Waals surface area contributed by atoms with Crippen molar-refractivity contribution in [2.75, 3.05) is 25.1 Å². The van der Waals surface area contributed by atoms with Gasteiger partial charge in [0, 0.05) is 32.4 Å². The molecular formula is C14H23N3O. The van der Waals surface area contributed by atoms with Gasteiger partial charge in [0.25, 0.3) is 0 Å². The molecule has 1 fully saturated rings. The Labute approximate surface area is 109 Å². The molecule has 2 rings (SSSR count). The van der Waals surface area contributed by atoms with Gasteiger partial charge in [0.2, 0.25) is 0 Å². The second kappa shape index (κ2) is 6.16. The van der Waals surface area contributed by atoms with E-state index in [0.717, 1.165) is 38.2 Å². The van der Waals surface area contributed by atoms with Crippen LogP contribution in [0.3, 0.4) is 0 Å². The Morgan fingerprint density at radius 1 is 1.44 bits per heavy atom. The van der Waals surface area contributed by atoms with E-state index in [0.29, 0.717) is 6.10 Å². The van der Waals surface area contributed by atoms with Crippen molar-refractivity contribution in [3.8, 4) is 0 Å². The van der Waals surface area contributed by atoms with E-state index in [1.807, 2.05) is 13.1 Å². The lowest BCUT2D eigenvalue weighted by Gasteiger charge is -2.32. The molecule has 0 bridgehead atoms. The van der Waals surface area contributed by atoms with Gasteiger partial charge in [-0.05, 0) is 37.8 Å². The molecule has 0 radical (unpaired) electrons. The Kier molecular flexibility index (Phi) is 4.55. The van der Waals surface area contributed by atoms with Crippen LogP contribution in [0.15, 0.2) is 18.3 Å². The summed E-state index contributed by atoms with van der Waals surface area (Å²) in [5.41, 5.74) is 6.99. The second-order valence-electron chi connectivity index (χ2n) is 5.13. The Balaban J connectivity index is 1.93. The normalized spacial score (nSPS) is 18.9. The third-order valence-electron chi connectivity index (χ3n) is 3.47. The Hall–Kier alpha value is -1.13. The van der Waals surface area contributed by atoms with Crippen molar-refractivity contribution in [2.45, 2.75) is 38.3 Å². The molecule has 4 nitrogen and oxygen atoms in total.